The van der Waals surface area contributed by atoms with Gasteiger partial charge < -0.3 is 0 Å². The maximum absolute atomic E-state index is 2.79. The molecule has 0 unspecified atom stereocenters. The lowest BCUT2D eigenvalue weighted by Gasteiger charge is -2.43. The maximum atomic E-state index is 2.79. The predicted octanol–water partition coefficient (Wildman–Crippen LogP) is 3.76. The second kappa shape index (κ2) is 7.64. The van der Waals surface area contributed by atoms with E-state index in [0.717, 1.165) is 18.0 Å². The summed E-state index contributed by atoms with van der Waals surface area (Å²) in [7, 11) is 0. The fourth-order valence-corrected chi connectivity index (χ4v) is 3.91. The van der Waals surface area contributed by atoms with Gasteiger partial charge in [-0.15, -0.1) is 0 Å². The van der Waals surface area contributed by atoms with Crippen molar-refractivity contribution in [2.75, 3.05) is 26.2 Å². The van der Waals surface area contributed by atoms with Gasteiger partial charge in [0.15, 0.2) is 0 Å². The van der Waals surface area contributed by atoms with Crippen LogP contribution in [0.15, 0.2) is 0 Å². The third-order valence-corrected chi connectivity index (χ3v) is 5.38. The summed E-state index contributed by atoms with van der Waals surface area (Å²) in [5.74, 6) is 1.05. The van der Waals surface area contributed by atoms with Gasteiger partial charge in [0.1, 0.15) is 0 Å². The molecule has 1 saturated heterocycles. The van der Waals surface area contributed by atoms with Crippen LogP contribution in [-0.2, 0) is 0 Å². The van der Waals surface area contributed by atoms with Gasteiger partial charge in [0.05, 0.1) is 0 Å². The van der Waals surface area contributed by atoms with E-state index in [9.17, 15) is 0 Å². The Morgan fingerprint density at radius 3 is 2.11 bits per heavy atom. The molecule has 0 spiro atoms. The van der Waals surface area contributed by atoms with Gasteiger partial charge in [0.2, 0.25) is 0 Å². The molecule has 0 aromatic carbocycles. The van der Waals surface area contributed by atoms with Crippen molar-refractivity contribution in [1.29, 1.82) is 0 Å². The molecule has 2 heteroatoms. The summed E-state index contributed by atoms with van der Waals surface area (Å²) >= 11 is 0. The Morgan fingerprint density at radius 2 is 1.58 bits per heavy atom. The first-order chi connectivity index (χ1) is 9.20. The number of hydrogen-bond acceptors (Lipinski definition) is 2. The molecule has 19 heavy (non-hydrogen) atoms. The highest BCUT2D eigenvalue weighted by molar-refractivity contribution is 4.83. The van der Waals surface area contributed by atoms with Crippen molar-refractivity contribution in [3.8, 4) is 0 Å². The van der Waals surface area contributed by atoms with E-state index in [1.807, 2.05) is 0 Å². The molecule has 0 aromatic heterocycles. The largest absolute Gasteiger partial charge is 0.298 e. The van der Waals surface area contributed by atoms with Crippen LogP contribution in [-0.4, -0.2) is 48.1 Å². The van der Waals surface area contributed by atoms with Crippen LogP contribution in [0.2, 0.25) is 0 Å². The Kier molecular flexibility index (Phi) is 6.15. The van der Waals surface area contributed by atoms with Gasteiger partial charge in [0.25, 0.3) is 0 Å². The van der Waals surface area contributed by atoms with Crippen molar-refractivity contribution in [2.45, 2.75) is 77.8 Å². The zero-order chi connectivity index (χ0) is 13.7. The summed E-state index contributed by atoms with van der Waals surface area (Å²) in [5, 5.41) is 0. The lowest BCUT2D eigenvalue weighted by molar-refractivity contribution is 0.0566. The molecule has 0 radical (unpaired) electrons. The Bertz CT molecular complexity index is 236. The first kappa shape index (κ1) is 15.3. The highest BCUT2D eigenvalue weighted by Gasteiger charge is 2.28. The molecule has 2 fully saturated rings. The molecule has 1 aliphatic heterocycles. The van der Waals surface area contributed by atoms with Gasteiger partial charge in [0, 0.05) is 38.3 Å². The smallest absolute Gasteiger partial charge is 0.0113 e. The topological polar surface area (TPSA) is 6.48 Å². The van der Waals surface area contributed by atoms with Crippen LogP contribution in [0, 0.1) is 5.92 Å². The normalized spacial score (nSPS) is 30.9. The Balaban J connectivity index is 1.68. The third-order valence-electron chi connectivity index (χ3n) is 5.38. The molecule has 2 nitrogen and oxygen atoms in total. The van der Waals surface area contributed by atoms with Crippen molar-refractivity contribution >= 4 is 0 Å². The molecule has 0 amide bonds. The van der Waals surface area contributed by atoms with E-state index in [1.54, 1.807) is 0 Å². The summed E-state index contributed by atoms with van der Waals surface area (Å²) in [4.78, 5) is 5.41. The quantitative estimate of drug-likeness (QED) is 0.747. The van der Waals surface area contributed by atoms with Crippen LogP contribution in [0.5, 0.6) is 0 Å². The molecular formula is C17H34N2. The summed E-state index contributed by atoms with van der Waals surface area (Å²) < 4.78 is 0. The first-order valence-corrected chi connectivity index (χ1v) is 8.68. The minimum absolute atomic E-state index is 0.729. The molecule has 0 N–H and O–H groups in total. The number of piperazine rings is 1. The maximum Gasteiger partial charge on any atom is 0.0113 e. The van der Waals surface area contributed by atoms with Crippen molar-refractivity contribution in [3.05, 3.63) is 0 Å². The second-order valence-electron chi connectivity index (χ2n) is 6.98. The molecule has 1 heterocycles. The lowest BCUT2D eigenvalue weighted by atomic mass is 9.82. The monoisotopic (exact) mass is 266 g/mol. The van der Waals surface area contributed by atoms with Crippen LogP contribution in [0.25, 0.3) is 0 Å². The van der Waals surface area contributed by atoms with Crippen molar-refractivity contribution in [3.63, 3.8) is 0 Å². The molecule has 0 bridgehead atoms. The predicted molar refractivity (Wildman–Crippen MR) is 83.6 cm³/mol. The van der Waals surface area contributed by atoms with E-state index in [4.69, 9.17) is 0 Å². The van der Waals surface area contributed by atoms with E-state index in [2.05, 4.69) is 30.6 Å². The summed E-state index contributed by atoms with van der Waals surface area (Å²) in [6.07, 6.45) is 10.2. The Hall–Kier alpha value is -0.0800. The highest BCUT2D eigenvalue weighted by atomic mass is 15.3. The molecule has 1 aliphatic carbocycles. The third kappa shape index (κ3) is 4.46. The molecule has 0 atom stereocenters. The lowest BCUT2D eigenvalue weighted by Crippen LogP contribution is -2.52. The molecule has 0 aromatic rings. The van der Waals surface area contributed by atoms with E-state index in [0.29, 0.717) is 0 Å². The summed E-state index contributed by atoms with van der Waals surface area (Å²) in [6.45, 7) is 12.2. The van der Waals surface area contributed by atoms with Crippen LogP contribution in [0.1, 0.15) is 65.7 Å². The summed E-state index contributed by atoms with van der Waals surface area (Å²) in [6, 6.07) is 1.64. The average molecular weight is 266 g/mol. The first-order valence-electron chi connectivity index (χ1n) is 8.68. The number of nitrogens with zero attached hydrogens (tertiary/aromatic N) is 2. The fraction of sp³-hybridized carbons (Fsp3) is 1.00. The van der Waals surface area contributed by atoms with Crippen molar-refractivity contribution in [1.82, 2.24) is 9.80 Å². The molecule has 1 saturated carbocycles. The standard InChI is InChI=1S/C17H34N2/c1-4-5-6-16-7-9-17(10-8-16)19-13-11-18(12-14-19)15(2)3/h15-17H,4-14H2,1-3H3. The Morgan fingerprint density at radius 1 is 0.947 bits per heavy atom. The van der Waals surface area contributed by atoms with E-state index >= 15 is 0 Å². The molecule has 2 aliphatic rings. The zero-order valence-electron chi connectivity index (χ0n) is 13.4. The fourth-order valence-electron chi connectivity index (χ4n) is 3.91. The molecule has 112 valence electrons. The van der Waals surface area contributed by atoms with Crippen LogP contribution < -0.4 is 0 Å². The van der Waals surface area contributed by atoms with Gasteiger partial charge in [-0.2, -0.15) is 0 Å². The summed E-state index contributed by atoms with van der Waals surface area (Å²) in [5.41, 5.74) is 0. The van der Waals surface area contributed by atoms with Gasteiger partial charge in [-0.25, -0.2) is 0 Å². The number of rotatable bonds is 5. The van der Waals surface area contributed by atoms with Gasteiger partial charge in [-0.05, 0) is 45.4 Å². The molecular weight excluding hydrogens is 232 g/mol. The number of hydrogen-bond donors (Lipinski definition) is 0. The Labute approximate surface area is 120 Å². The minimum atomic E-state index is 0.729. The van der Waals surface area contributed by atoms with Crippen molar-refractivity contribution in [2.24, 2.45) is 5.92 Å². The minimum Gasteiger partial charge on any atom is -0.298 e. The number of unbranched alkanes of at least 4 members (excludes halogenated alkanes) is 1. The zero-order valence-corrected chi connectivity index (χ0v) is 13.4. The van der Waals surface area contributed by atoms with Gasteiger partial charge >= 0.3 is 0 Å². The highest BCUT2D eigenvalue weighted by Crippen LogP contribution is 2.31. The average Bonchev–Trinajstić information content (AvgIpc) is 2.46. The van der Waals surface area contributed by atoms with Crippen molar-refractivity contribution < 1.29 is 0 Å². The van der Waals surface area contributed by atoms with E-state index in [1.165, 1.54) is 71.1 Å². The van der Waals surface area contributed by atoms with Gasteiger partial charge in [-0.1, -0.05) is 26.2 Å². The second-order valence-corrected chi connectivity index (χ2v) is 6.98. The SMILES string of the molecule is CCCCC1CCC(N2CCN(C(C)C)CC2)CC1. The van der Waals surface area contributed by atoms with Crippen LogP contribution in [0.4, 0.5) is 0 Å². The van der Waals surface area contributed by atoms with E-state index < -0.39 is 0 Å². The van der Waals surface area contributed by atoms with Crippen LogP contribution in [0.3, 0.4) is 0 Å². The van der Waals surface area contributed by atoms with Gasteiger partial charge in [-0.3, -0.25) is 9.80 Å². The van der Waals surface area contributed by atoms with Crippen LogP contribution >= 0.6 is 0 Å². The molecule has 2 rings (SSSR count). The van der Waals surface area contributed by atoms with E-state index in [-0.39, 0.29) is 0 Å².